The highest BCUT2D eigenvalue weighted by Gasteiger charge is 2.25. The molecular weight excluding hydrogens is 409 g/mol. The first-order chi connectivity index (χ1) is 15.5. The van der Waals surface area contributed by atoms with Crippen LogP contribution in [0.2, 0.25) is 0 Å². The number of carbonyl (C=O) groups excluding carboxylic acids is 1. The van der Waals surface area contributed by atoms with Crippen LogP contribution in [0.4, 0.5) is 10.1 Å². The summed E-state index contributed by atoms with van der Waals surface area (Å²) in [7, 11) is 1.55. The highest BCUT2D eigenvalue weighted by atomic mass is 19.1. The maximum Gasteiger partial charge on any atom is 0.250 e. The molecule has 3 aromatic carbocycles. The molecule has 160 valence electrons. The zero-order valence-corrected chi connectivity index (χ0v) is 17.1. The number of nitrogens with one attached hydrogen (secondary N) is 2. The summed E-state index contributed by atoms with van der Waals surface area (Å²) >= 11 is 0. The lowest BCUT2D eigenvalue weighted by atomic mass is 10.0. The Morgan fingerprint density at radius 1 is 1.12 bits per heavy atom. The molecule has 1 atom stereocenters. The van der Waals surface area contributed by atoms with Crippen LogP contribution in [0, 0.1) is 11.0 Å². The van der Waals surface area contributed by atoms with Crippen molar-refractivity contribution in [2.24, 2.45) is 0 Å². The number of H-pyrrole nitrogens is 1. The second-order valence-electron chi connectivity index (χ2n) is 7.48. The monoisotopic (exact) mass is 428 g/mol. The number of hydrogen-bond donors (Lipinski definition) is 2. The lowest BCUT2D eigenvalue weighted by Gasteiger charge is -2.40. The van der Waals surface area contributed by atoms with Crippen LogP contribution in [-0.4, -0.2) is 29.1 Å². The second kappa shape index (κ2) is 7.86. The van der Waals surface area contributed by atoms with Crippen molar-refractivity contribution < 1.29 is 13.9 Å². The molecule has 1 aliphatic rings. The zero-order valence-electron chi connectivity index (χ0n) is 17.1. The van der Waals surface area contributed by atoms with E-state index in [1.54, 1.807) is 37.6 Å². The van der Waals surface area contributed by atoms with Gasteiger partial charge >= 0.3 is 0 Å². The van der Waals surface area contributed by atoms with Gasteiger partial charge in [-0.15, -0.1) is 0 Å². The molecule has 0 spiro atoms. The molecule has 0 aliphatic carbocycles. The molecule has 32 heavy (non-hydrogen) atoms. The largest absolute Gasteiger partial charge is 0.757 e. The molecule has 1 unspecified atom stereocenters. The van der Waals surface area contributed by atoms with Gasteiger partial charge in [-0.2, -0.15) is 0 Å². The van der Waals surface area contributed by atoms with E-state index < -0.39 is 17.8 Å². The molecule has 5 rings (SSSR count). The van der Waals surface area contributed by atoms with Crippen LogP contribution in [0.1, 0.15) is 5.56 Å². The summed E-state index contributed by atoms with van der Waals surface area (Å²) in [6, 6.07) is 17.4. The molecule has 2 N–H and O–H groups in total. The molecule has 2 heterocycles. The van der Waals surface area contributed by atoms with Gasteiger partial charge in [0.15, 0.2) is 0 Å². The molecule has 0 radical (unpaired) electrons. The van der Waals surface area contributed by atoms with Gasteiger partial charge in [0.2, 0.25) is 5.91 Å². The van der Waals surface area contributed by atoms with Crippen LogP contribution in [-0.2, 0) is 4.79 Å². The Kier molecular flexibility index (Phi) is 4.88. The molecule has 4 aromatic rings. The third kappa shape index (κ3) is 3.38. The Labute approximate surface area is 182 Å². The fourth-order valence-electron chi connectivity index (χ4n) is 3.97. The van der Waals surface area contributed by atoms with Crippen molar-refractivity contribution in [2.75, 3.05) is 12.4 Å². The maximum atomic E-state index is 13.5. The quantitative estimate of drug-likeness (QED) is 0.524. The molecule has 7 heteroatoms. The van der Waals surface area contributed by atoms with E-state index >= 15 is 0 Å². The number of aromatic nitrogens is 1. The lowest BCUT2D eigenvalue weighted by Crippen LogP contribution is -2.48. The summed E-state index contributed by atoms with van der Waals surface area (Å²) in [4.78, 5) is 16.3. The number of rotatable bonds is 4. The average Bonchev–Trinajstić information content (AvgIpc) is 3.22. The minimum Gasteiger partial charge on any atom is -0.757 e. The third-order valence-electron chi connectivity index (χ3n) is 5.56. The molecule has 1 amide bonds. The minimum absolute atomic E-state index is 0.296. The fourth-order valence-corrected chi connectivity index (χ4v) is 3.97. The van der Waals surface area contributed by atoms with Crippen molar-refractivity contribution in [1.82, 2.24) is 10.0 Å². The number of ether oxygens (including phenoxy) is 1. The number of hydrogen-bond acceptors (Lipinski definition) is 4. The van der Waals surface area contributed by atoms with Gasteiger partial charge in [0.25, 0.3) is 0 Å². The molecule has 0 saturated carbocycles. The van der Waals surface area contributed by atoms with Crippen molar-refractivity contribution in [3.8, 4) is 5.75 Å². The normalized spacial score (nSPS) is 15.3. The van der Waals surface area contributed by atoms with Crippen LogP contribution < -0.4 is 20.5 Å². The first-order valence-corrected chi connectivity index (χ1v) is 10.0. The predicted octanol–water partition coefficient (Wildman–Crippen LogP) is 3.07. The summed E-state index contributed by atoms with van der Waals surface area (Å²) < 4.78 is 18.8. The number of fused-ring (bicyclic) bond motifs is 2. The number of hydroxylamine groups is 2. The summed E-state index contributed by atoms with van der Waals surface area (Å²) in [5, 5.41) is 19.1. The van der Waals surface area contributed by atoms with E-state index in [0.717, 1.165) is 10.9 Å². The molecule has 1 aliphatic heterocycles. The van der Waals surface area contributed by atoms with E-state index in [0.29, 0.717) is 38.2 Å². The number of para-hydroxylation sites is 1. The summed E-state index contributed by atoms with van der Waals surface area (Å²) in [6.07, 6.45) is 3.31. The number of halogens is 1. The Bertz CT molecular complexity index is 1440. The lowest BCUT2D eigenvalue weighted by molar-refractivity contribution is -0.117. The Balaban J connectivity index is 1.60. The Hall–Kier alpha value is -4.10. The van der Waals surface area contributed by atoms with Crippen molar-refractivity contribution in [1.29, 1.82) is 0 Å². The van der Waals surface area contributed by atoms with E-state index in [1.165, 1.54) is 24.3 Å². The maximum absolute atomic E-state index is 13.5. The van der Waals surface area contributed by atoms with Gasteiger partial charge in [-0.3, -0.25) is 4.79 Å². The SMILES string of the molecule is COc1ccc2c(c1)=CC(C(=O)Nc1c[nH]c3ccccc13)N([O-])C=2c1ccc(F)cc1. The molecule has 0 bridgehead atoms. The first kappa shape index (κ1) is 19.8. The standard InChI is InChI=1S/C25H19FN3O3/c1-32-18-10-11-19-16(12-18)13-23(29(31)24(19)15-6-8-17(26)9-7-15)25(30)28-22-14-27-21-5-3-2-4-20(21)22/h2-14,23,27H,1H3,(H,28,30)/q-1. The number of carbonyl (C=O) groups is 1. The van der Waals surface area contributed by atoms with Gasteiger partial charge in [-0.25, -0.2) is 4.39 Å². The van der Waals surface area contributed by atoms with Crippen LogP contribution in [0.5, 0.6) is 5.75 Å². The van der Waals surface area contributed by atoms with E-state index in [1.807, 2.05) is 24.3 Å². The summed E-state index contributed by atoms with van der Waals surface area (Å²) in [5.74, 6) is -0.274. The Morgan fingerprint density at radius 2 is 1.91 bits per heavy atom. The van der Waals surface area contributed by atoms with Crippen LogP contribution >= 0.6 is 0 Å². The topological polar surface area (TPSA) is 80.4 Å². The fraction of sp³-hybridized carbons (Fsp3) is 0.0800. The number of methoxy groups -OCH3 is 1. The summed E-state index contributed by atoms with van der Waals surface area (Å²) in [5.41, 5.74) is 2.28. The van der Waals surface area contributed by atoms with Crippen LogP contribution in [0.15, 0.2) is 72.9 Å². The number of nitrogens with zero attached hydrogens (tertiary/aromatic N) is 1. The van der Waals surface area contributed by atoms with Crippen molar-refractivity contribution >= 4 is 34.3 Å². The average molecular weight is 428 g/mol. The summed E-state index contributed by atoms with van der Waals surface area (Å²) in [6.45, 7) is 0. The van der Waals surface area contributed by atoms with Gasteiger partial charge < -0.3 is 25.3 Å². The van der Waals surface area contributed by atoms with Gasteiger partial charge in [0, 0.05) is 28.0 Å². The van der Waals surface area contributed by atoms with Gasteiger partial charge in [0.1, 0.15) is 17.6 Å². The van der Waals surface area contributed by atoms with E-state index in [-0.39, 0.29) is 0 Å². The third-order valence-corrected chi connectivity index (χ3v) is 5.56. The molecule has 1 aromatic heterocycles. The van der Waals surface area contributed by atoms with Gasteiger partial charge in [-0.1, -0.05) is 18.2 Å². The van der Waals surface area contributed by atoms with Crippen LogP contribution in [0.25, 0.3) is 22.7 Å². The predicted molar refractivity (Wildman–Crippen MR) is 122 cm³/mol. The molecule has 0 fully saturated rings. The van der Waals surface area contributed by atoms with Gasteiger partial charge in [0.05, 0.1) is 12.8 Å². The number of aromatic amines is 1. The number of amides is 1. The van der Waals surface area contributed by atoms with Crippen molar-refractivity contribution in [2.45, 2.75) is 6.04 Å². The van der Waals surface area contributed by atoms with E-state index in [2.05, 4.69) is 10.3 Å². The van der Waals surface area contributed by atoms with Crippen molar-refractivity contribution in [3.63, 3.8) is 0 Å². The highest BCUT2D eigenvalue weighted by Crippen LogP contribution is 2.25. The van der Waals surface area contributed by atoms with Crippen LogP contribution in [0.3, 0.4) is 0 Å². The molecule has 6 nitrogen and oxygen atoms in total. The van der Waals surface area contributed by atoms with Crippen molar-refractivity contribution in [3.05, 3.63) is 100.0 Å². The minimum atomic E-state index is -1.12. The first-order valence-electron chi connectivity index (χ1n) is 10.0. The Morgan fingerprint density at radius 3 is 2.69 bits per heavy atom. The second-order valence-corrected chi connectivity index (χ2v) is 7.48. The van der Waals surface area contributed by atoms with Gasteiger partial charge in [-0.05, 0) is 65.4 Å². The molecular formula is C25H19FN3O3-. The van der Waals surface area contributed by atoms with E-state index in [9.17, 15) is 14.4 Å². The molecule has 0 saturated heterocycles. The number of anilines is 1. The smallest absolute Gasteiger partial charge is 0.250 e. The number of benzene rings is 3. The highest BCUT2D eigenvalue weighted by molar-refractivity contribution is 6.06. The zero-order chi connectivity index (χ0) is 22.2. The van der Waals surface area contributed by atoms with E-state index in [4.69, 9.17) is 4.74 Å².